The topological polar surface area (TPSA) is 67.9 Å². The fourth-order valence-corrected chi connectivity index (χ4v) is 1.47. The predicted molar refractivity (Wildman–Crippen MR) is 65.1 cm³/mol. The number of nitriles is 1. The van der Waals surface area contributed by atoms with Crippen molar-refractivity contribution in [2.75, 3.05) is 6.61 Å². The van der Waals surface area contributed by atoms with Crippen molar-refractivity contribution in [3.05, 3.63) is 58.8 Å². The Labute approximate surface area is 104 Å². The molecule has 90 valence electrons. The SMILES string of the molecule is N#Cc1cccc(OCCn2cccnc2=O)c1. The summed E-state index contributed by atoms with van der Waals surface area (Å²) in [5, 5.41) is 8.74. The van der Waals surface area contributed by atoms with Crippen molar-refractivity contribution >= 4 is 0 Å². The van der Waals surface area contributed by atoms with Gasteiger partial charge in [-0.25, -0.2) is 9.78 Å². The molecule has 1 heterocycles. The van der Waals surface area contributed by atoms with Gasteiger partial charge in [-0.2, -0.15) is 5.26 Å². The fourth-order valence-electron chi connectivity index (χ4n) is 1.47. The highest BCUT2D eigenvalue weighted by molar-refractivity contribution is 5.36. The van der Waals surface area contributed by atoms with E-state index in [1.807, 2.05) is 6.07 Å². The van der Waals surface area contributed by atoms with Crippen molar-refractivity contribution in [1.29, 1.82) is 5.26 Å². The summed E-state index contributed by atoms with van der Waals surface area (Å²) in [4.78, 5) is 15.0. The van der Waals surface area contributed by atoms with E-state index >= 15 is 0 Å². The van der Waals surface area contributed by atoms with Gasteiger partial charge < -0.3 is 4.74 Å². The quantitative estimate of drug-likeness (QED) is 0.806. The van der Waals surface area contributed by atoms with E-state index in [4.69, 9.17) is 10.00 Å². The minimum Gasteiger partial charge on any atom is -0.492 e. The maximum absolute atomic E-state index is 11.3. The van der Waals surface area contributed by atoms with Crippen molar-refractivity contribution in [3.8, 4) is 11.8 Å². The third-order valence-electron chi connectivity index (χ3n) is 2.35. The smallest absolute Gasteiger partial charge is 0.347 e. The summed E-state index contributed by atoms with van der Waals surface area (Å²) in [7, 11) is 0. The van der Waals surface area contributed by atoms with Crippen LogP contribution in [0.15, 0.2) is 47.5 Å². The van der Waals surface area contributed by atoms with E-state index in [1.165, 1.54) is 10.8 Å². The molecule has 0 saturated heterocycles. The number of hydrogen-bond donors (Lipinski definition) is 0. The Morgan fingerprint density at radius 1 is 1.39 bits per heavy atom. The minimum atomic E-state index is -0.299. The summed E-state index contributed by atoms with van der Waals surface area (Å²) in [5.41, 5.74) is 0.248. The third kappa shape index (κ3) is 2.95. The van der Waals surface area contributed by atoms with Crippen LogP contribution in [-0.4, -0.2) is 16.2 Å². The third-order valence-corrected chi connectivity index (χ3v) is 2.35. The molecule has 0 bridgehead atoms. The molecule has 18 heavy (non-hydrogen) atoms. The van der Waals surface area contributed by atoms with E-state index in [2.05, 4.69) is 4.98 Å². The van der Waals surface area contributed by atoms with E-state index in [0.29, 0.717) is 24.5 Å². The number of nitrogens with zero attached hydrogens (tertiary/aromatic N) is 3. The van der Waals surface area contributed by atoms with Crippen molar-refractivity contribution in [2.24, 2.45) is 0 Å². The van der Waals surface area contributed by atoms with Crippen LogP contribution in [0.25, 0.3) is 0 Å². The van der Waals surface area contributed by atoms with Gasteiger partial charge in [0.2, 0.25) is 0 Å². The molecule has 0 atom stereocenters. The molecule has 0 N–H and O–H groups in total. The number of aromatic nitrogens is 2. The first-order chi connectivity index (χ1) is 8.79. The van der Waals surface area contributed by atoms with Crippen LogP contribution in [0.1, 0.15) is 5.56 Å². The summed E-state index contributed by atoms with van der Waals surface area (Å²) in [6.07, 6.45) is 3.11. The molecule has 2 aromatic rings. The molecule has 0 saturated carbocycles. The van der Waals surface area contributed by atoms with E-state index in [1.54, 1.807) is 36.5 Å². The summed E-state index contributed by atoms with van der Waals surface area (Å²) < 4.78 is 6.94. The van der Waals surface area contributed by atoms with Crippen molar-refractivity contribution < 1.29 is 4.74 Å². The number of rotatable bonds is 4. The van der Waals surface area contributed by atoms with Gasteiger partial charge in [0.25, 0.3) is 0 Å². The number of ether oxygens (including phenoxy) is 1. The molecule has 5 nitrogen and oxygen atoms in total. The van der Waals surface area contributed by atoms with Crippen LogP contribution in [0.3, 0.4) is 0 Å². The second-order valence-electron chi connectivity index (χ2n) is 3.58. The second kappa shape index (κ2) is 5.64. The maximum atomic E-state index is 11.3. The summed E-state index contributed by atoms with van der Waals surface area (Å²) in [6, 6.07) is 10.6. The molecule has 1 aromatic heterocycles. The molecule has 0 unspecified atom stereocenters. The molecule has 5 heteroatoms. The zero-order valence-electron chi connectivity index (χ0n) is 9.61. The van der Waals surface area contributed by atoms with Gasteiger partial charge in [0.1, 0.15) is 12.4 Å². The van der Waals surface area contributed by atoms with Gasteiger partial charge in [0, 0.05) is 12.4 Å². The highest BCUT2D eigenvalue weighted by Gasteiger charge is 1.98. The molecule has 0 aliphatic heterocycles. The minimum absolute atomic E-state index is 0.299. The van der Waals surface area contributed by atoms with Crippen LogP contribution in [0.5, 0.6) is 5.75 Å². The lowest BCUT2D eigenvalue weighted by molar-refractivity contribution is 0.295. The highest BCUT2D eigenvalue weighted by Crippen LogP contribution is 2.12. The Balaban J connectivity index is 1.95. The highest BCUT2D eigenvalue weighted by atomic mass is 16.5. The Hall–Kier alpha value is -2.61. The maximum Gasteiger partial charge on any atom is 0.347 e. The molecule has 0 fully saturated rings. The van der Waals surface area contributed by atoms with Gasteiger partial charge in [-0.15, -0.1) is 0 Å². The predicted octanol–water partition coefficient (Wildman–Crippen LogP) is 1.19. The van der Waals surface area contributed by atoms with Crippen molar-refractivity contribution in [3.63, 3.8) is 0 Å². The Morgan fingerprint density at radius 2 is 2.28 bits per heavy atom. The van der Waals surface area contributed by atoms with Gasteiger partial charge in [0.05, 0.1) is 18.2 Å². The largest absolute Gasteiger partial charge is 0.492 e. The van der Waals surface area contributed by atoms with Gasteiger partial charge in [-0.3, -0.25) is 4.57 Å². The van der Waals surface area contributed by atoms with Crippen LogP contribution in [0, 0.1) is 11.3 Å². The number of benzene rings is 1. The second-order valence-corrected chi connectivity index (χ2v) is 3.58. The molecule has 2 rings (SSSR count). The van der Waals surface area contributed by atoms with E-state index in [0.717, 1.165) is 0 Å². The first-order valence-corrected chi connectivity index (χ1v) is 5.44. The lowest BCUT2D eigenvalue weighted by atomic mass is 10.2. The molecular weight excluding hydrogens is 230 g/mol. The monoisotopic (exact) mass is 241 g/mol. The van der Waals surface area contributed by atoms with Crippen LogP contribution < -0.4 is 10.4 Å². The van der Waals surface area contributed by atoms with E-state index in [-0.39, 0.29) is 5.69 Å². The Kier molecular flexibility index (Phi) is 3.72. The first-order valence-electron chi connectivity index (χ1n) is 5.44. The average molecular weight is 241 g/mol. The van der Waals surface area contributed by atoms with E-state index in [9.17, 15) is 4.79 Å². The number of hydrogen-bond acceptors (Lipinski definition) is 4. The zero-order valence-corrected chi connectivity index (χ0v) is 9.61. The summed E-state index contributed by atoms with van der Waals surface area (Å²) in [6.45, 7) is 0.768. The normalized spacial score (nSPS) is 9.72. The Morgan fingerprint density at radius 3 is 3.06 bits per heavy atom. The van der Waals surface area contributed by atoms with Gasteiger partial charge >= 0.3 is 5.69 Å². The van der Waals surface area contributed by atoms with Gasteiger partial charge in [-0.05, 0) is 24.3 Å². The molecule has 0 aliphatic rings. The molecular formula is C13H11N3O2. The molecule has 0 spiro atoms. The first kappa shape index (κ1) is 11.9. The standard InChI is InChI=1S/C13H11N3O2/c14-10-11-3-1-4-12(9-11)18-8-7-16-6-2-5-15-13(16)17/h1-6,9H,7-8H2. The Bertz CT molecular complexity index is 628. The summed E-state index contributed by atoms with van der Waals surface area (Å²) >= 11 is 0. The molecule has 1 aromatic carbocycles. The van der Waals surface area contributed by atoms with Crippen LogP contribution >= 0.6 is 0 Å². The lowest BCUT2D eigenvalue weighted by Crippen LogP contribution is -2.24. The molecule has 0 amide bonds. The van der Waals surface area contributed by atoms with E-state index < -0.39 is 0 Å². The summed E-state index contributed by atoms with van der Waals surface area (Å²) in [5.74, 6) is 0.617. The van der Waals surface area contributed by atoms with Crippen molar-refractivity contribution in [2.45, 2.75) is 6.54 Å². The van der Waals surface area contributed by atoms with Crippen molar-refractivity contribution in [1.82, 2.24) is 9.55 Å². The van der Waals surface area contributed by atoms with Gasteiger partial charge in [-0.1, -0.05) is 6.07 Å². The van der Waals surface area contributed by atoms with Crippen LogP contribution in [0.4, 0.5) is 0 Å². The van der Waals surface area contributed by atoms with Gasteiger partial charge in [0.15, 0.2) is 0 Å². The fraction of sp³-hybridized carbons (Fsp3) is 0.154. The molecule has 0 radical (unpaired) electrons. The average Bonchev–Trinajstić information content (AvgIpc) is 2.41. The van der Waals surface area contributed by atoms with Crippen LogP contribution in [0.2, 0.25) is 0 Å². The zero-order chi connectivity index (χ0) is 12.8. The molecule has 0 aliphatic carbocycles. The lowest BCUT2D eigenvalue weighted by Gasteiger charge is -2.07. The van der Waals surface area contributed by atoms with Crippen LogP contribution in [-0.2, 0) is 6.54 Å².